The largest absolute Gasteiger partial charge is 0.494 e. The summed E-state index contributed by atoms with van der Waals surface area (Å²) in [5, 5.41) is 2.76. The molecule has 0 atom stereocenters. The summed E-state index contributed by atoms with van der Waals surface area (Å²) in [6.07, 6.45) is 0.699. The van der Waals surface area contributed by atoms with Crippen molar-refractivity contribution in [2.75, 3.05) is 20.3 Å². The van der Waals surface area contributed by atoms with Gasteiger partial charge in [-0.15, -0.1) is 0 Å². The standard InChI is InChI=1S/C18H27BFNO4/c1-17(2)18(3,4)25-19(24-17)14-7-8-15(20)13(11-14)12-16(22)21-9-6-10-23-5/h7-8,11H,6,9-10,12H2,1-5H3,(H,21,22). The number of hydrogen-bond donors (Lipinski definition) is 1. The van der Waals surface area contributed by atoms with E-state index >= 15 is 0 Å². The van der Waals surface area contributed by atoms with E-state index in [9.17, 15) is 9.18 Å². The third-order valence-corrected chi connectivity index (χ3v) is 4.79. The van der Waals surface area contributed by atoms with E-state index in [2.05, 4.69) is 5.32 Å². The molecule has 1 aliphatic rings. The number of nitrogens with one attached hydrogen (secondary N) is 1. The minimum Gasteiger partial charge on any atom is -0.399 e. The van der Waals surface area contributed by atoms with Crippen molar-refractivity contribution in [1.29, 1.82) is 0 Å². The molecule has 1 heterocycles. The van der Waals surface area contributed by atoms with E-state index in [-0.39, 0.29) is 12.3 Å². The van der Waals surface area contributed by atoms with Crippen LogP contribution in [0, 0.1) is 5.82 Å². The van der Waals surface area contributed by atoms with Gasteiger partial charge >= 0.3 is 7.12 Å². The first-order valence-corrected chi connectivity index (χ1v) is 8.56. The van der Waals surface area contributed by atoms with Crippen LogP contribution in [0.25, 0.3) is 0 Å². The molecule has 1 fully saturated rings. The number of rotatable bonds is 7. The molecule has 2 rings (SSSR count). The highest BCUT2D eigenvalue weighted by molar-refractivity contribution is 6.62. The van der Waals surface area contributed by atoms with Crippen LogP contribution in [-0.4, -0.2) is 44.5 Å². The molecule has 25 heavy (non-hydrogen) atoms. The quantitative estimate of drug-likeness (QED) is 0.602. The van der Waals surface area contributed by atoms with Gasteiger partial charge in [-0.1, -0.05) is 12.1 Å². The smallest absolute Gasteiger partial charge is 0.399 e. The van der Waals surface area contributed by atoms with Gasteiger partial charge in [0.25, 0.3) is 0 Å². The molecule has 138 valence electrons. The molecule has 1 aromatic rings. The van der Waals surface area contributed by atoms with Crippen LogP contribution in [0.3, 0.4) is 0 Å². The zero-order valence-electron chi connectivity index (χ0n) is 15.6. The minimum absolute atomic E-state index is 0.0217. The highest BCUT2D eigenvalue weighted by Gasteiger charge is 2.51. The Morgan fingerprint density at radius 2 is 1.88 bits per heavy atom. The Bertz CT molecular complexity index is 605. The van der Waals surface area contributed by atoms with E-state index in [4.69, 9.17) is 14.0 Å². The average Bonchev–Trinajstić information content (AvgIpc) is 2.74. The number of carbonyl (C=O) groups is 1. The van der Waals surface area contributed by atoms with Gasteiger partial charge in [0.1, 0.15) is 5.82 Å². The third-order valence-electron chi connectivity index (χ3n) is 4.79. The minimum atomic E-state index is -0.575. The maximum absolute atomic E-state index is 14.1. The average molecular weight is 351 g/mol. The van der Waals surface area contributed by atoms with E-state index in [0.717, 1.165) is 6.42 Å². The van der Waals surface area contributed by atoms with Crippen LogP contribution in [-0.2, 0) is 25.3 Å². The van der Waals surface area contributed by atoms with Gasteiger partial charge in [-0.05, 0) is 51.2 Å². The molecule has 0 radical (unpaired) electrons. The van der Waals surface area contributed by atoms with Crippen molar-refractivity contribution in [1.82, 2.24) is 5.32 Å². The lowest BCUT2D eigenvalue weighted by atomic mass is 9.78. The highest BCUT2D eigenvalue weighted by Crippen LogP contribution is 2.36. The van der Waals surface area contributed by atoms with Gasteiger partial charge in [0.05, 0.1) is 17.6 Å². The molecule has 5 nitrogen and oxygen atoms in total. The van der Waals surface area contributed by atoms with Gasteiger partial charge in [-0.2, -0.15) is 0 Å². The Hall–Kier alpha value is -1.44. The Labute approximate surface area is 149 Å². The lowest BCUT2D eigenvalue weighted by Gasteiger charge is -2.32. The van der Waals surface area contributed by atoms with Gasteiger partial charge in [0.15, 0.2) is 0 Å². The van der Waals surface area contributed by atoms with Crippen LogP contribution in [0.5, 0.6) is 0 Å². The fourth-order valence-corrected chi connectivity index (χ4v) is 2.54. The van der Waals surface area contributed by atoms with E-state index in [1.165, 1.54) is 6.07 Å². The van der Waals surface area contributed by atoms with Gasteiger partial charge in [0, 0.05) is 20.3 Å². The molecule has 0 unspecified atom stereocenters. The normalized spacial score (nSPS) is 18.4. The van der Waals surface area contributed by atoms with Crippen molar-refractivity contribution in [2.24, 2.45) is 0 Å². The van der Waals surface area contributed by atoms with Crippen LogP contribution in [0.2, 0.25) is 0 Å². The van der Waals surface area contributed by atoms with Gasteiger partial charge in [-0.25, -0.2) is 4.39 Å². The molecule has 0 bridgehead atoms. The van der Waals surface area contributed by atoms with Crippen molar-refractivity contribution in [3.05, 3.63) is 29.6 Å². The topological polar surface area (TPSA) is 56.8 Å². The first-order chi connectivity index (χ1) is 11.7. The van der Waals surface area contributed by atoms with Crippen LogP contribution in [0.15, 0.2) is 18.2 Å². The molecule has 0 aromatic heterocycles. The van der Waals surface area contributed by atoms with Gasteiger partial charge in [0.2, 0.25) is 5.91 Å². The van der Waals surface area contributed by atoms with Crippen molar-refractivity contribution >= 4 is 18.5 Å². The third kappa shape index (κ3) is 4.81. The maximum Gasteiger partial charge on any atom is 0.494 e. The van der Waals surface area contributed by atoms with E-state index in [0.29, 0.717) is 24.2 Å². The first-order valence-electron chi connectivity index (χ1n) is 8.56. The molecule has 1 N–H and O–H groups in total. The monoisotopic (exact) mass is 351 g/mol. The lowest BCUT2D eigenvalue weighted by Crippen LogP contribution is -2.41. The number of benzene rings is 1. The number of hydrogen-bond acceptors (Lipinski definition) is 4. The molecule has 7 heteroatoms. The Morgan fingerprint density at radius 3 is 2.48 bits per heavy atom. The lowest BCUT2D eigenvalue weighted by molar-refractivity contribution is -0.120. The molecular weight excluding hydrogens is 324 g/mol. The molecule has 0 saturated carbocycles. The summed E-state index contributed by atoms with van der Waals surface area (Å²) < 4.78 is 31.0. The molecule has 1 saturated heterocycles. The fourth-order valence-electron chi connectivity index (χ4n) is 2.54. The second kappa shape index (κ2) is 7.85. The molecule has 1 amide bonds. The molecule has 0 spiro atoms. The molecule has 1 aromatic carbocycles. The van der Waals surface area contributed by atoms with Crippen molar-refractivity contribution in [3.63, 3.8) is 0 Å². The van der Waals surface area contributed by atoms with E-state index < -0.39 is 24.1 Å². The SMILES string of the molecule is COCCCNC(=O)Cc1cc(B2OC(C)(C)C(C)(C)O2)ccc1F. The number of halogens is 1. The Balaban J connectivity index is 2.04. The molecular formula is C18H27BFNO4. The highest BCUT2D eigenvalue weighted by atomic mass is 19.1. The summed E-state index contributed by atoms with van der Waals surface area (Å²) in [4.78, 5) is 12.0. The molecule has 1 aliphatic heterocycles. The Kier molecular flexibility index (Phi) is 6.24. The number of carbonyl (C=O) groups excluding carboxylic acids is 1. The summed E-state index contributed by atoms with van der Waals surface area (Å²) in [7, 11) is 1.03. The second-order valence-corrected chi connectivity index (χ2v) is 7.31. The number of amides is 1. The zero-order chi connectivity index (χ0) is 18.7. The summed E-state index contributed by atoms with van der Waals surface area (Å²) in [5.74, 6) is -0.631. The predicted molar refractivity (Wildman–Crippen MR) is 95.3 cm³/mol. The van der Waals surface area contributed by atoms with Crippen molar-refractivity contribution < 1.29 is 23.2 Å². The van der Waals surface area contributed by atoms with Gasteiger partial charge in [-0.3, -0.25) is 4.79 Å². The van der Waals surface area contributed by atoms with Crippen molar-refractivity contribution in [2.45, 2.75) is 51.7 Å². The summed E-state index contributed by atoms with van der Waals surface area (Å²) in [5.41, 5.74) is 0.106. The maximum atomic E-state index is 14.1. The summed E-state index contributed by atoms with van der Waals surface area (Å²) in [6.45, 7) is 8.93. The van der Waals surface area contributed by atoms with Crippen LogP contribution in [0.1, 0.15) is 39.7 Å². The van der Waals surface area contributed by atoms with E-state index in [1.54, 1.807) is 19.2 Å². The zero-order valence-corrected chi connectivity index (χ0v) is 15.6. The van der Waals surface area contributed by atoms with Crippen LogP contribution >= 0.6 is 0 Å². The number of ether oxygens (including phenoxy) is 1. The predicted octanol–water partition coefficient (Wildman–Crippen LogP) is 1.82. The first kappa shape index (κ1) is 19.9. The second-order valence-electron chi connectivity index (χ2n) is 7.31. The Morgan fingerprint density at radius 1 is 1.24 bits per heavy atom. The van der Waals surface area contributed by atoms with Gasteiger partial charge < -0.3 is 19.4 Å². The van der Waals surface area contributed by atoms with Crippen LogP contribution < -0.4 is 10.8 Å². The van der Waals surface area contributed by atoms with Crippen LogP contribution in [0.4, 0.5) is 4.39 Å². The van der Waals surface area contributed by atoms with Crippen molar-refractivity contribution in [3.8, 4) is 0 Å². The fraction of sp³-hybridized carbons (Fsp3) is 0.611. The number of methoxy groups -OCH3 is 1. The molecule has 0 aliphatic carbocycles. The summed E-state index contributed by atoms with van der Waals surface area (Å²) in [6, 6.07) is 4.64. The summed E-state index contributed by atoms with van der Waals surface area (Å²) >= 11 is 0. The van der Waals surface area contributed by atoms with E-state index in [1.807, 2.05) is 27.7 Å².